The highest BCUT2D eigenvalue weighted by Gasteiger charge is 2.31. The van der Waals surface area contributed by atoms with Gasteiger partial charge < -0.3 is 18.6 Å². The number of rotatable bonds is 5. The zero-order chi connectivity index (χ0) is 22.0. The fourth-order valence-electron chi connectivity index (χ4n) is 3.29. The number of benzene rings is 1. The van der Waals surface area contributed by atoms with E-state index in [0.717, 1.165) is 23.9 Å². The average Bonchev–Trinajstić information content (AvgIpc) is 3.40. The molecule has 1 aliphatic rings. The van der Waals surface area contributed by atoms with Crippen molar-refractivity contribution in [2.75, 3.05) is 36.8 Å². The molecule has 31 heavy (non-hydrogen) atoms. The van der Waals surface area contributed by atoms with E-state index in [2.05, 4.69) is 10.2 Å². The number of amides is 1. The van der Waals surface area contributed by atoms with Gasteiger partial charge in [-0.25, -0.2) is 0 Å². The smallest absolute Gasteiger partial charge is 0.416 e. The molecule has 3 aromatic rings. The standard InChI is InChI=1S/C20H19F3N4O3S/c1-13-16(5-10-29-13)18-24-25-19(30-18)31-12-17(28)27-8-6-26(7-9-27)15-4-2-3-14(11-15)20(21,22)23/h2-5,10-11H,6-9,12H2,1H3. The molecule has 0 bridgehead atoms. The van der Waals surface area contributed by atoms with Crippen LogP contribution in [0, 0.1) is 6.92 Å². The Morgan fingerprint density at radius 1 is 1.16 bits per heavy atom. The fourth-order valence-corrected chi connectivity index (χ4v) is 3.96. The minimum absolute atomic E-state index is 0.0899. The topological polar surface area (TPSA) is 75.6 Å². The third kappa shape index (κ3) is 4.87. The van der Waals surface area contributed by atoms with E-state index in [1.54, 1.807) is 24.0 Å². The molecule has 1 aromatic carbocycles. The lowest BCUT2D eigenvalue weighted by Gasteiger charge is -2.36. The van der Waals surface area contributed by atoms with Crippen LogP contribution in [0.25, 0.3) is 11.5 Å². The molecule has 1 saturated heterocycles. The summed E-state index contributed by atoms with van der Waals surface area (Å²) in [5, 5.41) is 8.20. The van der Waals surface area contributed by atoms with Crippen molar-refractivity contribution in [1.82, 2.24) is 15.1 Å². The Morgan fingerprint density at radius 2 is 1.94 bits per heavy atom. The molecule has 0 saturated carbocycles. The highest BCUT2D eigenvalue weighted by molar-refractivity contribution is 7.99. The number of carbonyl (C=O) groups excluding carboxylic acids is 1. The average molecular weight is 452 g/mol. The summed E-state index contributed by atoms with van der Waals surface area (Å²) >= 11 is 1.15. The number of furan rings is 1. The molecule has 11 heteroatoms. The normalized spacial score (nSPS) is 14.8. The van der Waals surface area contributed by atoms with Gasteiger partial charge in [0.25, 0.3) is 11.1 Å². The number of thioether (sulfide) groups is 1. The molecule has 0 radical (unpaired) electrons. The largest absolute Gasteiger partial charge is 0.469 e. The number of piperazine rings is 1. The van der Waals surface area contributed by atoms with Crippen LogP contribution in [0.3, 0.4) is 0 Å². The second-order valence-electron chi connectivity index (χ2n) is 6.97. The molecule has 1 amide bonds. The molecule has 1 fully saturated rings. The Labute approximate surface area is 180 Å². The van der Waals surface area contributed by atoms with E-state index in [0.29, 0.717) is 49.1 Å². The van der Waals surface area contributed by atoms with Gasteiger partial charge in [0, 0.05) is 31.9 Å². The Bertz CT molecular complexity index is 1060. The van der Waals surface area contributed by atoms with Crippen molar-refractivity contribution in [3.63, 3.8) is 0 Å². The molecule has 0 spiro atoms. The first kappa shape index (κ1) is 21.3. The summed E-state index contributed by atoms with van der Waals surface area (Å²) in [4.78, 5) is 16.1. The fraction of sp³-hybridized carbons (Fsp3) is 0.350. The molecule has 0 atom stereocenters. The maximum absolute atomic E-state index is 12.9. The quantitative estimate of drug-likeness (QED) is 0.540. The third-order valence-corrected chi connectivity index (χ3v) is 5.79. The van der Waals surface area contributed by atoms with Crippen LogP contribution in [-0.2, 0) is 11.0 Å². The second kappa shape index (κ2) is 8.66. The minimum atomic E-state index is -4.38. The van der Waals surface area contributed by atoms with Gasteiger partial charge in [-0.1, -0.05) is 17.8 Å². The van der Waals surface area contributed by atoms with Crippen molar-refractivity contribution in [3.8, 4) is 11.5 Å². The van der Waals surface area contributed by atoms with Gasteiger partial charge >= 0.3 is 6.18 Å². The lowest BCUT2D eigenvalue weighted by atomic mass is 10.1. The van der Waals surface area contributed by atoms with Crippen LogP contribution >= 0.6 is 11.8 Å². The second-order valence-corrected chi connectivity index (χ2v) is 7.89. The first-order valence-corrected chi connectivity index (χ1v) is 10.5. The molecule has 0 aliphatic carbocycles. The van der Waals surface area contributed by atoms with Gasteiger partial charge in [0.1, 0.15) is 5.76 Å². The summed E-state index contributed by atoms with van der Waals surface area (Å²) in [7, 11) is 0. The zero-order valence-electron chi connectivity index (χ0n) is 16.6. The Kier molecular flexibility index (Phi) is 5.94. The van der Waals surface area contributed by atoms with E-state index in [-0.39, 0.29) is 16.9 Å². The van der Waals surface area contributed by atoms with E-state index in [9.17, 15) is 18.0 Å². The number of hydrogen-bond acceptors (Lipinski definition) is 7. The summed E-state index contributed by atoms with van der Waals surface area (Å²) in [5.41, 5.74) is 0.532. The van der Waals surface area contributed by atoms with Crippen molar-refractivity contribution in [2.24, 2.45) is 0 Å². The van der Waals surface area contributed by atoms with Gasteiger partial charge in [-0.3, -0.25) is 4.79 Å². The van der Waals surface area contributed by atoms with Crippen LogP contribution in [0.1, 0.15) is 11.3 Å². The van der Waals surface area contributed by atoms with E-state index in [1.807, 2.05) is 4.90 Å². The maximum Gasteiger partial charge on any atom is 0.416 e. The van der Waals surface area contributed by atoms with Crippen LogP contribution in [-0.4, -0.2) is 52.9 Å². The number of alkyl halides is 3. The monoisotopic (exact) mass is 452 g/mol. The predicted molar refractivity (Wildman–Crippen MR) is 108 cm³/mol. The summed E-state index contributed by atoms with van der Waals surface area (Å²) in [6.07, 6.45) is -2.85. The SMILES string of the molecule is Cc1occc1-c1nnc(SCC(=O)N2CCN(c3cccc(C(F)(F)F)c3)CC2)o1. The number of nitrogens with zero attached hydrogens (tertiary/aromatic N) is 4. The van der Waals surface area contributed by atoms with Crippen LogP contribution in [0.4, 0.5) is 18.9 Å². The van der Waals surface area contributed by atoms with Crippen molar-refractivity contribution in [3.05, 3.63) is 47.9 Å². The molecular weight excluding hydrogens is 433 g/mol. The van der Waals surface area contributed by atoms with Gasteiger partial charge in [-0.2, -0.15) is 13.2 Å². The van der Waals surface area contributed by atoms with Crippen LogP contribution in [0.15, 0.2) is 50.7 Å². The van der Waals surface area contributed by atoms with Gasteiger partial charge in [0.05, 0.1) is 23.1 Å². The molecule has 2 aromatic heterocycles. The van der Waals surface area contributed by atoms with Crippen LogP contribution < -0.4 is 4.90 Å². The third-order valence-electron chi connectivity index (χ3n) is 4.99. The molecule has 0 N–H and O–H groups in total. The summed E-state index contributed by atoms with van der Waals surface area (Å²) in [6.45, 7) is 3.57. The molecule has 1 aliphatic heterocycles. The number of anilines is 1. The number of aryl methyl sites for hydroxylation is 1. The molecule has 4 rings (SSSR count). The summed E-state index contributed by atoms with van der Waals surface area (Å²) in [6, 6.07) is 6.97. The Morgan fingerprint density at radius 3 is 2.61 bits per heavy atom. The molecular formula is C20H19F3N4O3S. The van der Waals surface area contributed by atoms with Crippen molar-refractivity contribution >= 4 is 23.4 Å². The first-order chi connectivity index (χ1) is 14.8. The molecule has 3 heterocycles. The van der Waals surface area contributed by atoms with Crippen molar-refractivity contribution in [1.29, 1.82) is 0 Å². The summed E-state index contributed by atoms with van der Waals surface area (Å²) < 4.78 is 49.6. The lowest BCUT2D eigenvalue weighted by molar-refractivity contribution is -0.137. The summed E-state index contributed by atoms with van der Waals surface area (Å²) in [5.74, 6) is 1.04. The van der Waals surface area contributed by atoms with Crippen LogP contribution in [0.2, 0.25) is 0 Å². The number of hydrogen-bond donors (Lipinski definition) is 0. The number of aromatic nitrogens is 2. The van der Waals surface area contributed by atoms with Crippen molar-refractivity contribution < 1.29 is 26.8 Å². The number of carbonyl (C=O) groups is 1. The molecule has 0 unspecified atom stereocenters. The van der Waals surface area contributed by atoms with E-state index >= 15 is 0 Å². The van der Waals surface area contributed by atoms with Crippen molar-refractivity contribution in [2.45, 2.75) is 18.3 Å². The minimum Gasteiger partial charge on any atom is -0.469 e. The van der Waals surface area contributed by atoms with Crippen LogP contribution in [0.5, 0.6) is 0 Å². The van der Waals surface area contributed by atoms with Gasteiger partial charge in [0.15, 0.2) is 0 Å². The number of halogens is 3. The van der Waals surface area contributed by atoms with E-state index in [4.69, 9.17) is 8.83 Å². The van der Waals surface area contributed by atoms with Gasteiger partial charge in [-0.15, -0.1) is 10.2 Å². The highest BCUT2D eigenvalue weighted by atomic mass is 32.2. The zero-order valence-corrected chi connectivity index (χ0v) is 17.4. The Balaban J connectivity index is 1.29. The Hall–Kier alpha value is -2.95. The van der Waals surface area contributed by atoms with E-state index < -0.39 is 11.7 Å². The molecule has 164 valence electrons. The van der Waals surface area contributed by atoms with Gasteiger partial charge in [-0.05, 0) is 31.2 Å². The van der Waals surface area contributed by atoms with E-state index in [1.165, 1.54) is 12.3 Å². The first-order valence-electron chi connectivity index (χ1n) is 9.52. The molecule has 7 nitrogen and oxygen atoms in total. The lowest BCUT2D eigenvalue weighted by Crippen LogP contribution is -2.49. The highest BCUT2D eigenvalue weighted by Crippen LogP contribution is 2.32. The predicted octanol–water partition coefficient (Wildman–Crippen LogP) is 4.10. The maximum atomic E-state index is 12.9. The van der Waals surface area contributed by atoms with Gasteiger partial charge in [0.2, 0.25) is 5.91 Å².